The number of hydrogen-bond acceptors (Lipinski definition) is 5. The third-order valence-electron chi connectivity index (χ3n) is 5.49. The molecule has 31 heavy (non-hydrogen) atoms. The molecule has 4 aromatic rings. The number of amides is 2. The van der Waals surface area contributed by atoms with Gasteiger partial charge in [0.25, 0.3) is 5.56 Å². The summed E-state index contributed by atoms with van der Waals surface area (Å²) in [5, 5.41) is 3.69. The Balaban J connectivity index is 1.60. The normalized spacial score (nSPS) is 16.5. The number of imide groups is 1. The van der Waals surface area contributed by atoms with E-state index in [1.54, 1.807) is 24.3 Å². The molecule has 0 saturated carbocycles. The first kappa shape index (κ1) is 19.4. The molecule has 7 nitrogen and oxygen atoms in total. The predicted octanol–water partition coefficient (Wildman–Crippen LogP) is 3.77. The average Bonchev–Trinajstić information content (AvgIpc) is 3.42. The summed E-state index contributed by atoms with van der Waals surface area (Å²) in [6.07, 6.45) is 1.38. The fourth-order valence-electron chi connectivity index (χ4n) is 4.09. The standard InChI is InChI=1S/C23H20N4O3S/c1-2-8-17-20(15-13-19(28)26(21(15)29)14-9-4-3-5-10-14)22(30)27(25-17)23-24-16-11-6-7-12-18(16)31-23/h3-7,9-12,15,25H,2,8,13H2,1H3/t15-/m1/s1. The number of nitrogens with one attached hydrogen (secondary N) is 1. The van der Waals surface area contributed by atoms with Crippen molar-refractivity contribution in [1.29, 1.82) is 0 Å². The van der Waals surface area contributed by atoms with Gasteiger partial charge in [-0.3, -0.25) is 24.4 Å². The van der Waals surface area contributed by atoms with Crippen molar-refractivity contribution >= 4 is 39.1 Å². The van der Waals surface area contributed by atoms with Crippen LogP contribution in [-0.2, 0) is 16.0 Å². The summed E-state index contributed by atoms with van der Waals surface area (Å²) >= 11 is 1.40. The zero-order chi connectivity index (χ0) is 21.5. The minimum absolute atomic E-state index is 0.0165. The molecule has 0 bridgehead atoms. The van der Waals surface area contributed by atoms with Crippen molar-refractivity contribution in [1.82, 2.24) is 14.8 Å². The van der Waals surface area contributed by atoms with Gasteiger partial charge in [-0.15, -0.1) is 0 Å². The summed E-state index contributed by atoms with van der Waals surface area (Å²) < 4.78 is 2.38. The Morgan fingerprint density at radius 2 is 1.81 bits per heavy atom. The lowest BCUT2D eigenvalue weighted by Gasteiger charge is -2.14. The van der Waals surface area contributed by atoms with Gasteiger partial charge in [0.1, 0.15) is 0 Å². The van der Waals surface area contributed by atoms with Crippen molar-refractivity contribution in [2.75, 3.05) is 4.90 Å². The third-order valence-corrected chi connectivity index (χ3v) is 6.51. The molecule has 0 radical (unpaired) electrons. The largest absolute Gasteiger partial charge is 0.293 e. The molecule has 2 amide bonds. The molecular weight excluding hydrogens is 412 g/mol. The third kappa shape index (κ3) is 3.19. The fourth-order valence-corrected chi connectivity index (χ4v) is 5.02. The van der Waals surface area contributed by atoms with Crippen molar-refractivity contribution in [3.63, 3.8) is 0 Å². The molecule has 1 aliphatic heterocycles. The lowest BCUT2D eigenvalue weighted by atomic mass is 9.96. The maximum absolute atomic E-state index is 13.4. The van der Waals surface area contributed by atoms with Crippen LogP contribution in [0.2, 0.25) is 0 Å². The highest BCUT2D eigenvalue weighted by atomic mass is 32.1. The number of para-hydroxylation sites is 2. The highest BCUT2D eigenvalue weighted by Gasteiger charge is 2.43. The molecule has 2 aromatic heterocycles. The minimum atomic E-state index is -0.798. The number of benzene rings is 2. The van der Waals surface area contributed by atoms with Gasteiger partial charge in [0.05, 0.1) is 27.4 Å². The van der Waals surface area contributed by atoms with E-state index in [2.05, 4.69) is 10.1 Å². The van der Waals surface area contributed by atoms with Crippen molar-refractivity contribution in [2.24, 2.45) is 0 Å². The van der Waals surface area contributed by atoms with E-state index in [-0.39, 0.29) is 23.8 Å². The molecule has 2 aromatic carbocycles. The molecule has 0 unspecified atom stereocenters. The number of H-pyrrole nitrogens is 1. The first-order valence-electron chi connectivity index (χ1n) is 10.2. The first-order valence-corrected chi connectivity index (χ1v) is 11.0. The lowest BCUT2D eigenvalue weighted by Crippen LogP contribution is -2.31. The van der Waals surface area contributed by atoms with Gasteiger partial charge >= 0.3 is 0 Å². The minimum Gasteiger partial charge on any atom is -0.293 e. The Morgan fingerprint density at radius 1 is 1.06 bits per heavy atom. The van der Waals surface area contributed by atoms with Crippen molar-refractivity contribution < 1.29 is 9.59 Å². The Morgan fingerprint density at radius 3 is 2.55 bits per heavy atom. The van der Waals surface area contributed by atoms with Crippen molar-refractivity contribution in [3.05, 3.63) is 76.2 Å². The molecule has 0 aliphatic carbocycles. The number of carbonyl (C=O) groups excluding carboxylic acids is 2. The van der Waals surface area contributed by atoms with Gasteiger partial charge in [-0.1, -0.05) is 55.0 Å². The van der Waals surface area contributed by atoms with Gasteiger partial charge in [-0.2, -0.15) is 4.68 Å². The molecule has 1 saturated heterocycles. The van der Waals surface area contributed by atoms with E-state index < -0.39 is 5.92 Å². The number of hydrogen-bond donors (Lipinski definition) is 1. The van der Waals surface area contributed by atoms with Crippen molar-refractivity contribution in [2.45, 2.75) is 32.1 Å². The molecule has 0 spiro atoms. The zero-order valence-corrected chi connectivity index (χ0v) is 17.7. The maximum atomic E-state index is 13.4. The quantitative estimate of drug-likeness (QED) is 0.486. The highest BCUT2D eigenvalue weighted by molar-refractivity contribution is 7.20. The van der Waals surface area contributed by atoms with Crippen LogP contribution < -0.4 is 10.5 Å². The molecule has 8 heteroatoms. The average molecular weight is 433 g/mol. The van der Waals surface area contributed by atoms with Crippen LogP contribution in [0.1, 0.15) is 36.9 Å². The van der Waals surface area contributed by atoms with Crippen LogP contribution in [0.5, 0.6) is 0 Å². The number of aromatic nitrogens is 3. The highest BCUT2D eigenvalue weighted by Crippen LogP contribution is 2.34. The Kier molecular flexibility index (Phi) is 4.78. The second-order valence-corrected chi connectivity index (χ2v) is 8.53. The molecule has 5 rings (SSSR count). The van der Waals surface area contributed by atoms with Crippen LogP contribution in [0.25, 0.3) is 15.3 Å². The SMILES string of the molecule is CCCc1[nH]n(-c2nc3ccccc3s2)c(=O)c1[C@H]1CC(=O)N(c2ccccc2)C1=O. The van der Waals surface area contributed by atoms with E-state index in [1.165, 1.54) is 20.9 Å². The Hall–Kier alpha value is -3.52. The topological polar surface area (TPSA) is 88.1 Å². The summed E-state index contributed by atoms with van der Waals surface area (Å²) in [6.45, 7) is 2.01. The summed E-state index contributed by atoms with van der Waals surface area (Å²) in [4.78, 5) is 45.2. The second kappa shape index (κ2) is 7.63. The first-order chi connectivity index (χ1) is 15.1. The molecule has 3 heterocycles. The number of anilines is 1. The second-order valence-electron chi connectivity index (χ2n) is 7.52. The number of carbonyl (C=O) groups is 2. The molecule has 1 fully saturated rings. The Bertz CT molecular complexity index is 1320. The van der Waals surface area contributed by atoms with Crippen LogP contribution >= 0.6 is 11.3 Å². The van der Waals surface area contributed by atoms with E-state index in [9.17, 15) is 14.4 Å². The number of rotatable bonds is 5. The lowest BCUT2D eigenvalue weighted by molar-refractivity contribution is -0.121. The molecule has 1 atom stereocenters. The van der Waals surface area contributed by atoms with Gasteiger partial charge in [-0.25, -0.2) is 4.98 Å². The van der Waals surface area contributed by atoms with Gasteiger partial charge in [-0.05, 0) is 30.7 Å². The van der Waals surface area contributed by atoms with Gasteiger partial charge in [0.15, 0.2) is 0 Å². The van der Waals surface area contributed by atoms with Crippen LogP contribution in [0, 0.1) is 0 Å². The molecular formula is C23H20N4O3S. The van der Waals surface area contributed by atoms with Gasteiger partial charge < -0.3 is 0 Å². The summed E-state index contributed by atoms with van der Waals surface area (Å²) in [5.41, 5.74) is 2.08. The Labute approximate surface area is 181 Å². The fraction of sp³-hybridized carbons (Fsp3) is 0.217. The van der Waals surface area contributed by atoms with E-state index >= 15 is 0 Å². The van der Waals surface area contributed by atoms with Gasteiger partial charge in [0.2, 0.25) is 16.9 Å². The number of nitrogens with zero attached hydrogens (tertiary/aromatic N) is 3. The van der Waals surface area contributed by atoms with Crippen LogP contribution in [0.3, 0.4) is 0 Å². The number of aryl methyl sites for hydroxylation is 1. The van der Waals surface area contributed by atoms with E-state index in [0.29, 0.717) is 28.5 Å². The van der Waals surface area contributed by atoms with Crippen LogP contribution in [-0.4, -0.2) is 26.6 Å². The van der Waals surface area contributed by atoms with E-state index in [4.69, 9.17) is 0 Å². The van der Waals surface area contributed by atoms with Crippen LogP contribution in [0.15, 0.2) is 59.4 Å². The molecule has 156 valence electrons. The van der Waals surface area contributed by atoms with Crippen LogP contribution in [0.4, 0.5) is 5.69 Å². The summed E-state index contributed by atoms with van der Waals surface area (Å²) in [7, 11) is 0. The number of fused-ring (bicyclic) bond motifs is 1. The number of aromatic amines is 1. The molecule has 1 N–H and O–H groups in total. The van der Waals surface area contributed by atoms with Gasteiger partial charge in [0, 0.05) is 12.1 Å². The maximum Gasteiger partial charge on any atom is 0.277 e. The summed E-state index contributed by atoms with van der Waals surface area (Å²) in [6, 6.07) is 16.5. The van der Waals surface area contributed by atoms with E-state index in [1.807, 2.05) is 37.3 Å². The smallest absolute Gasteiger partial charge is 0.277 e. The number of thiazole rings is 1. The monoisotopic (exact) mass is 432 g/mol. The van der Waals surface area contributed by atoms with Crippen molar-refractivity contribution in [3.8, 4) is 5.13 Å². The van der Waals surface area contributed by atoms with E-state index in [0.717, 1.165) is 16.6 Å². The predicted molar refractivity (Wildman–Crippen MR) is 120 cm³/mol. The summed E-state index contributed by atoms with van der Waals surface area (Å²) in [5.74, 6) is -1.45. The molecule has 1 aliphatic rings. The zero-order valence-electron chi connectivity index (χ0n) is 16.9.